The fourth-order valence-corrected chi connectivity index (χ4v) is 3.72. The third-order valence-electron chi connectivity index (χ3n) is 5.27. The second-order valence-corrected chi connectivity index (χ2v) is 7.61. The number of benzene rings is 1. The number of amides is 1. The van der Waals surface area contributed by atoms with Crippen molar-refractivity contribution in [3.63, 3.8) is 0 Å². The van der Waals surface area contributed by atoms with Crippen LogP contribution < -0.4 is 5.32 Å². The number of rotatable bonds is 9. The SMILES string of the molecule is O=C(CCc1nnc(Cc2cccc(C(F)(F)F)c2)o1)NCCCC1CCCC1. The van der Waals surface area contributed by atoms with Crippen molar-refractivity contribution in [3.8, 4) is 0 Å². The maximum atomic E-state index is 12.8. The van der Waals surface area contributed by atoms with Crippen LogP contribution in [0.2, 0.25) is 0 Å². The highest BCUT2D eigenvalue weighted by molar-refractivity contribution is 5.75. The zero-order valence-electron chi connectivity index (χ0n) is 16.3. The van der Waals surface area contributed by atoms with Crippen LogP contribution in [0.15, 0.2) is 28.7 Å². The average molecular weight is 409 g/mol. The zero-order valence-corrected chi connectivity index (χ0v) is 16.3. The van der Waals surface area contributed by atoms with E-state index in [1.54, 1.807) is 6.07 Å². The number of hydrogen-bond donors (Lipinski definition) is 1. The van der Waals surface area contributed by atoms with Crippen LogP contribution >= 0.6 is 0 Å². The van der Waals surface area contributed by atoms with Crippen molar-refractivity contribution in [2.24, 2.45) is 5.92 Å². The van der Waals surface area contributed by atoms with E-state index in [4.69, 9.17) is 4.42 Å². The summed E-state index contributed by atoms with van der Waals surface area (Å²) >= 11 is 0. The highest BCUT2D eigenvalue weighted by atomic mass is 19.4. The molecule has 1 aromatic carbocycles. The molecule has 5 nitrogen and oxygen atoms in total. The Morgan fingerprint density at radius 1 is 1.17 bits per heavy atom. The number of aromatic nitrogens is 2. The van der Waals surface area contributed by atoms with Gasteiger partial charge in [0.2, 0.25) is 17.7 Å². The molecule has 1 saturated carbocycles. The molecule has 0 radical (unpaired) electrons. The van der Waals surface area contributed by atoms with Crippen molar-refractivity contribution in [1.82, 2.24) is 15.5 Å². The fourth-order valence-electron chi connectivity index (χ4n) is 3.72. The van der Waals surface area contributed by atoms with E-state index >= 15 is 0 Å². The van der Waals surface area contributed by atoms with Crippen LogP contribution in [0.1, 0.15) is 67.9 Å². The van der Waals surface area contributed by atoms with Gasteiger partial charge < -0.3 is 9.73 Å². The lowest BCUT2D eigenvalue weighted by molar-refractivity contribution is -0.137. The first-order valence-electron chi connectivity index (χ1n) is 10.1. The van der Waals surface area contributed by atoms with E-state index in [0.29, 0.717) is 24.4 Å². The standard InChI is InChI=1S/C21H26F3N3O2/c22-21(23,24)17-9-3-7-16(13-17)14-20-27-26-19(29-20)11-10-18(28)25-12-4-8-15-5-1-2-6-15/h3,7,9,13,15H,1-2,4-6,8,10-12,14H2,(H,25,28). The summed E-state index contributed by atoms with van der Waals surface area (Å²) in [6.45, 7) is 0.681. The largest absolute Gasteiger partial charge is 0.425 e. The number of carbonyl (C=O) groups excluding carboxylic acids is 1. The second kappa shape index (κ2) is 9.89. The van der Waals surface area contributed by atoms with Crippen molar-refractivity contribution in [1.29, 1.82) is 0 Å². The van der Waals surface area contributed by atoms with Gasteiger partial charge in [0, 0.05) is 19.4 Å². The van der Waals surface area contributed by atoms with Crippen LogP contribution in [0.3, 0.4) is 0 Å². The van der Waals surface area contributed by atoms with Crippen molar-refractivity contribution in [3.05, 3.63) is 47.2 Å². The molecule has 1 heterocycles. The highest BCUT2D eigenvalue weighted by Gasteiger charge is 2.30. The smallest absolute Gasteiger partial charge is 0.416 e. The van der Waals surface area contributed by atoms with E-state index in [-0.39, 0.29) is 24.6 Å². The Morgan fingerprint density at radius 3 is 2.69 bits per heavy atom. The zero-order chi connectivity index (χ0) is 20.7. The Bertz CT molecular complexity index is 798. The van der Waals surface area contributed by atoms with E-state index in [0.717, 1.165) is 24.5 Å². The van der Waals surface area contributed by atoms with E-state index in [9.17, 15) is 18.0 Å². The average Bonchev–Trinajstić information content (AvgIpc) is 3.35. The van der Waals surface area contributed by atoms with E-state index in [1.165, 1.54) is 38.2 Å². The monoisotopic (exact) mass is 409 g/mol. The maximum absolute atomic E-state index is 12.8. The number of aryl methyl sites for hydroxylation is 1. The van der Waals surface area contributed by atoms with E-state index in [2.05, 4.69) is 15.5 Å². The van der Waals surface area contributed by atoms with Gasteiger partial charge in [-0.3, -0.25) is 4.79 Å². The molecular weight excluding hydrogens is 383 g/mol. The third kappa shape index (κ3) is 6.87. The predicted molar refractivity (Wildman–Crippen MR) is 101 cm³/mol. The molecule has 0 unspecified atom stereocenters. The number of halogens is 3. The topological polar surface area (TPSA) is 68.0 Å². The number of nitrogens with zero attached hydrogens (tertiary/aromatic N) is 2. The molecule has 1 aliphatic rings. The molecule has 8 heteroatoms. The molecule has 29 heavy (non-hydrogen) atoms. The predicted octanol–water partition coefficient (Wildman–Crippen LogP) is 4.70. The minimum atomic E-state index is -4.39. The molecule has 1 N–H and O–H groups in total. The normalized spacial score (nSPS) is 15.0. The molecule has 1 amide bonds. The Balaban J connectivity index is 1.39. The molecule has 1 fully saturated rings. The van der Waals surface area contributed by atoms with Crippen molar-refractivity contribution in [2.45, 2.75) is 64.0 Å². The summed E-state index contributed by atoms with van der Waals surface area (Å²) in [7, 11) is 0. The minimum Gasteiger partial charge on any atom is -0.425 e. The molecule has 3 rings (SSSR count). The Labute approximate surface area is 168 Å². The summed E-state index contributed by atoms with van der Waals surface area (Å²) in [5.74, 6) is 1.30. The molecule has 0 aliphatic heterocycles. The summed E-state index contributed by atoms with van der Waals surface area (Å²) in [6, 6.07) is 5.03. The summed E-state index contributed by atoms with van der Waals surface area (Å²) in [4.78, 5) is 11.9. The first-order chi connectivity index (χ1) is 13.9. The van der Waals surface area contributed by atoms with Gasteiger partial charge in [-0.25, -0.2) is 0 Å². The van der Waals surface area contributed by atoms with Gasteiger partial charge in [-0.15, -0.1) is 10.2 Å². The lowest BCUT2D eigenvalue weighted by atomic mass is 10.0. The second-order valence-electron chi connectivity index (χ2n) is 7.61. The van der Waals surface area contributed by atoms with Gasteiger partial charge in [-0.2, -0.15) is 13.2 Å². The molecule has 158 valence electrons. The molecule has 0 saturated heterocycles. The summed E-state index contributed by atoms with van der Waals surface area (Å²) in [6.07, 6.45) is 3.74. The van der Waals surface area contributed by atoms with Crippen LogP contribution in [-0.2, 0) is 23.8 Å². The molecule has 0 bridgehead atoms. The van der Waals surface area contributed by atoms with Crippen molar-refractivity contribution >= 4 is 5.91 Å². The van der Waals surface area contributed by atoms with Crippen LogP contribution in [-0.4, -0.2) is 22.6 Å². The van der Waals surface area contributed by atoms with Crippen LogP contribution in [0.5, 0.6) is 0 Å². The van der Waals surface area contributed by atoms with Gasteiger partial charge in [0.05, 0.1) is 12.0 Å². The lowest BCUT2D eigenvalue weighted by Crippen LogP contribution is -2.25. The summed E-state index contributed by atoms with van der Waals surface area (Å²) in [5, 5.41) is 10.7. The van der Waals surface area contributed by atoms with Crippen LogP contribution in [0.25, 0.3) is 0 Å². The van der Waals surface area contributed by atoms with Crippen LogP contribution in [0.4, 0.5) is 13.2 Å². The third-order valence-corrected chi connectivity index (χ3v) is 5.27. The van der Waals surface area contributed by atoms with Crippen LogP contribution in [0, 0.1) is 5.92 Å². The maximum Gasteiger partial charge on any atom is 0.416 e. The Hall–Kier alpha value is -2.38. The van der Waals surface area contributed by atoms with Crippen molar-refractivity contribution < 1.29 is 22.4 Å². The summed E-state index contributed by atoms with van der Waals surface area (Å²) < 4.78 is 43.8. The first-order valence-corrected chi connectivity index (χ1v) is 10.1. The number of nitrogens with one attached hydrogen (secondary N) is 1. The summed E-state index contributed by atoms with van der Waals surface area (Å²) in [5.41, 5.74) is -0.269. The molecule has 2 aromatic rings. The first kappa shape index (κ1) is 21.3. The Kier molecular flexibility index (Phi) is 7.28. The lowest BCUT2D eigenvalue weighted by Gasteiger charge is -2.09. The highest BCUT2D eigenvalue weighted by Crippen LogP contribution is 2.30. The number of carbonyl (C=O) groups is 1. The Morgan fingerprint density at radius 2 is 1.93 bits per heavy atom. The van der Waals surface area contributed by atoms with Gasteiger partial charge in [-0.05, 0) is 30.4 Å². The van der Waals surface area contributed by atoms with Gasteiger partial charge in [0.15, 0.2) is 0 Å². The number of hydrogen-bond acceptors (Lipinski definition) is 4. The van der Waals surface area contributed by atoms with Gasteiger partial charge >= 0.3 is 6.18 Å². The molecular formula is C21H26F3N3O2. The van der Waals surface area contributed by atoms with E-state index in [1.807, 2.05) is 0 Å². The molecule has 0 atom stereocenters. The minimum absolute atomic E-state index is 0.0611. The van der Waals surface area contributed by atoms with E-state index < -0.39 is 11.7 Å². The quantitative estimate of drug-likeness (QED) is 0.610. The van der Waals surface area contributed by atoms with Gasteiger partial charge in [-0.1, -0.05) is 43.9 Å². The van der Waals surface area contributed by atoms with Gasteiger partial charge in [0.1, 0.15) is 0 Å². The van der Waals surface area contributed by atoms with Crippen molar-refractivity contribution in [2.75, 3.05) is 6.54 Å². The number of alkyl halides is 3. The van der Waals surface area contributed by atoms with Gasteiger partial charge in [0.25, 0.3) is 0 Å². The molecule has 1 aliphatic carbocycles. The molecule has 1 aromatic heterocycles. The fraction of sp³-hybridized carbons (Fsp3) is 0.571. The molecule has 0 spiro atoms.